The molecule has 0 atom stereocenters. The minimum absolute atomic E-state index is 0.100. The molecule has 6 nitrogen and oxygen atoms in total. The number of carbonyl (C=O) groups excluding carboxylic acids is 2. The fraction of sp³-hybridized carbons (Fsp3) is 0.300. The second-order valence-corrected chi connectivity index (χ2v) is 6.80. The van der Waals surface area contributed by atoms with Gasteiger partial charge >= 0.3 is 5.97 Å². The van der Waals surface area contributed by atoms with Gasteiger partial charge in [-0.15, -0.1) is 0 Å². The SMILES string of the molecule is COC(=O)c1cccc(NC(=O)CN2CCN(c3ccc(Cl)cc3)CC2)c1. The van der Waals surface area contributed by atoms with E-state index in [0.29, 0.717) is 17.8 Å². The number of hydrogen-bond donors (Lipinski definition) is 1. The van der Waals surface area contributed by atoms with E-state index in [2.05, 4.69) is 15.1 Å². The van der Waals surface area contributed by atoms with Crippen LogP contribution < -0.4 is 10.2 Å². The molecule has 0 aliphatic carbocycles. The number of nitrogens with one attached hydrogen (secondary N) is 1. The second-order valence-electron chi connectivity index (χ2n) is 6.36. The molecule has 27 heavy (non-hydrogen) atoms. The Morgan fingerprint density at radius 3 is 2.44 bits per heavy atom. The normalized spacial score (nSPS) is 14.7. The van der Waals surface area contributed by atoms with E-state index in [-0.39, 0.29) is 5.91 Å². The quantitative estimate of drug-likeness (QED) is 0.799. The summed E-state index contributed by atoms with van der Waals surface area (Å²) >= 11 is 5.94. The number of halogens is 1. The van der Waals surface area contributed by atoms with Crippen LogP contribution in [0.3, 0.4) is 0 Å². The van der Waals surface area contributed by atoms with Crippen LogP contribution in [0.2, 0.25) is 5.02 Å². The predicted octanol–water partition coefficient (Wildman–Crippen LogP) is 2.89. The summed E-state index contributed by atoms with van der Waals surface area (Å²) < 4.78 is 4.70. The number of hydrogen-bond acceptors (Lipinski definition) is 5. The molecule has 1 saturated heterocycles. The lowest BCUT2D eigenvalue weighted by Crippen LogP contribution is -2.48. The topological polar surface area (TPSA) is 61.9 Å². The zero-order valence-corrected chi connectivity index (χ0v) is 15.9. The number of benzene rings is 2. The Morgan fingerprint density at radius 1 is 1.07 bits per heavy atom. The molecule has 2 aromatic rings. The molecule has 1 heterocycles. The van der Waals surface area contributed by atoms with Crippen LogP contribution in [0, 0.1) is 0 Å². The molecule has 0 radical (unpaired) electrons. The fourth-order valence-electron chi connectivity index (χ4n) is 3.06. The lowest BCUT2D eigenvalue weighted by Gasteiger charge is -2.35. The van der Waals surface area contributed by atoms with Gasteiger partial charge in [-0.1, -0.05) is 17.7 Å². The molecular formula is C20H22ClN3O3. The number of carbonyl (C=O) groups is 2. The number of methoxy groups -OCH3 is 1. The van der Waals surface area contributed by atoms with E-state index in [1.54, 1.807) is 24.3 Å². The molecule has 0 aromatic heterocycles. The standard InChI is InChI=1S/C20H22ClN3O3/c1-27-20(26)15-3-2-4-17(13-15)22-19(25)14-23-9-11-24(12-10-23)18-7-5-16(21)6-8-18/h2-8,13H,9-12,14H2,1H3,(H,22,25). The van der Waals surface area contributed by atoms with E-state index in [0.717, 1.165) is 36.9 Å². The smallest absolute Gasteiger partial charge is 0.337 e. The van der Waals surface area contributed by atoms with Gasteiger partial charge in [0, 0.05) is 42.6 Å². The Kier molecular flexibility index (Phi) is 6.32. The van der Waals surface area contributed by atoms with Gasteiger partial charge in [0.2, 0.25) is 5.91 Å². The van der Waals surface area contributed by atoms with Crippen LogP contribution in [0.4, 0.5) is 11.4 Å². The highest BCUT2D eigenvalue weighted by atomic mass is 35.5. The van der Waals surface area contributed by atoms with Crippen LogP contribution in [-0.4, -0.2) is 56.6 Å². The fourth-order valence-corrected chi connectivity index (χ4v) is 3.19. The summed E-state index contributed by atoms with van der Waals surface area (Å²) in [6.07, 6.45) is 0. The molecule has 1 fully saturated rings. The number of esters is 1. The molecule has 1 aliphatic heterocycles. The summed E-state index contributed by atoms with van der Waals surface area (Å²) in [7, 11) is 1.33. The third-order valence-electron chi connectivity index (χ3n) is 4.50. The molecule has 0 saturated carbocycles. The first-order chi connectivity index (χ1) is 13.0. The maximum absolute atomic E-state index is 12.3. The van der Waals surface area contributed by atoms with Gasteiger partial charge in [0.1, 0.15) is 0 Å². The van der Waals surface area contributed by atoms with E-state index < -0.39 is 5.97 Å². The first-order valence-corrected chi connectivity index (χ1v) is 9.14. The van der Waals surface area contributed by atoms with Crippen molar-refractivity contribution < 1.29 is 14.3 Å². The van der Waals surface area contributed by atoms with Crippen LogP contribution in [0.5, 0.6) is 0 Å². The van der Waals surface area contributed by atoms with Crippen molar-refractivity contribution in [2.75, 3.05) is 50.1 Å². The van der Waals surface area contributed by atoms with Crippen LogP contribution in [-0.2, 0) is 9.53 Å². The molecule has 142 valence electrons. The molecule has 0 bridgehead atoms. The molecule has 2 aromatic carbocycles. The van der Waals surface area contributed by atoms with Crippen molar-refractivity contribution in [2.45, 2.75) is 0 Å². The first kappa shape index (κ1) is 19.2. The largest absolute Gasteiger partial charge is 0.465 e. The van der Waals surface area contributed by atoms with Crippen LogP contribution >= 0.6 is 11.6 Å². The number of nitrogens with zero attached hydrogens (tertiary/aromatic N) is 2. The molecule has 0 spiro atoms. The van der Waals surface area contributed by atoms with Crippen LogP contribution in [0.25, 0.3) is 0 Å². The summed E-state index contributed by atoms with van der Waals surface area (Å²) in [5.74, 6) is -0.527. The molecule has 1 amide bonds. The minimum atomic E-state index is -0.426. The third kappa shape index (κ3) is 5.21. The zero-order chi connectivity index (χ0) is 19.2. The minimum Gasteiger partial charge on any atom is -0.465 e. The maximum atomic E-state index is 12.3. The van der Waals surface area contributed by atoms with Crippen molar-refractivity contribution in [2.24, 2.45) is 0 Å². The van der Waals surface area contributed by atoms with Gasteiger partial charge in [0.15, 0.2) is 0 Å². The number of piperazine rings is 1. The highest BCUT2D eigenvalue weighted by Gasteiger charge is 2.19. The van der Waals surface area contributed by atoms with Crippen molar-refractivity contribution in [1.29, 1.82) is 0 Å². The van der Waals surface area contributed by atoms with Gasteiger partial charge in [-0.25, -0.2) is 4.79 Å². The maximum Gasteiger partial charge on any atom is 0.337 e. The van der Waals surface area contributed by atoms with Crippen molar-refractivity contribution >= 4 is 34.9 Å². The van der Waals surface area contributed by atoms with Gasteiger partial charge in [-0.3, -0.25) is 9.69 Å². The van der Waals surface area contributed by atoms with E-state index in [1.807, 2.05) is 24.3 Å². The average Bonchev–Trinajstić information content (AvgIpc) is 2.69. The summed E-state index contributed by atoms with van der Waals surface area (Å²) in [5.41, 5.74) is 2.14. The van der Waals surface area contributed by atoms with Crippen molar-refractivity contribution in [3.63, 3.8) is 0 Å². The Morgan fingerprint density at radius 2 is 1.78 bits per heavy atom. The Labute approximate surface area is 163 Å². The second kappa shape index (κ2) is 8.88. The number of rotatable bonds is 5. The van der Waals surface area contributed by atoms with Gasteiger partial charge in [0.25, 0.3) is 0 Å². The van der Waals surface area contributed by atoms with Crippen LogP contribution in [0.15, 0.2) is 48.5 Å². The van der Waals surface area contributed by atoms with E-state index in [1.165, 1.54) is 7.11 Å². The van der Waals surface area contributed by atoms with Gasteiger partial charge in [0.05, 0.1) is 19.2 Å². The van der Waals surface area contributed by atoms with E-state index in [9.17, 15) is 9.59 Å². The summed E-state index contributed by atoms with van der Waals surface area (Å²) in [6.45, 7) is 3.63. The van der Waals surface area contributed by atoms with Gasteiger partial charge in [-0.05, 0) is 42.5 Å². The molecule has 1 aliphatic rings. The lowest BCUT2D eigenvalue weighted by molar-refractivity contribution is -0.117. The molecule has 3 rings (SSSR count). The molecular weight excluding hydrogens is 366 g/mol. The summed E-state index contributed by atoms with van der Waals surface area (Å²) in [4.78, 5) is 28.3. The Balaban J connectivity index is 1.49. The highest BCUT2D eigenvalue weighted by molar-refractivity contribution is 6.30. The third-order valence-corrected chi connectivity index (χ3v) is 4.75. The van der Waals surface area contributed by atoms with Gasteiger partial charge in [-0.2, -0.15) is 0 Å². The molecule has 7 heteroatoms. The van der Waals surface area contributed by atoms with Crippen molar-refractivity contribution in [1.82, 2.24) is 4.90 Å². The Bertz CT molecular complexity index is 802. The summed E-state index contributed by atoms with van der Waals surface area (Å²) in [6, 6.07) is 14.5. The average molecular weight is 388 g/mol. The lowest BCUT2D eigenvalue weighted by atomic mass is 10.2. The van der Waals surface area contributed by atoms with Crippen molar-refractivity contribution in [3.8, 4) is 0 Å². The van der Waals surface area contributed by atoms with Gasteiger partial charge < -0.3 is 15.0 Å². The molecule has 1 N–H and O–H groups in total. The number of ether oxygens (including phenoxy) is 1. The predicted molar refractivity (Wildman–Crippen MR) is 107 cm³/mol. The monoisotopic (exact) mass is 387 g/mol. The highest BCUT2D eigenvalue weighted by Crippen LogP contribution is 2.19. The van der Waals surface area contributed by atoms with E-state index in [4.69, 9.17) is 16.3 Å². The Hall–Kier alpha value is -2.57. The van der Waals surface area contributed by atoms with Crippen LogP contribution in [0.1, 0.15) is 10.4 Å². The first-order valence-electron chi connectivity index (χ1n) is 8.76. The summed E-state index contributed by atoms with van der Waals surface area (Å²) in [5, 5.41) is 3.57. The van der Waals surface area contributed by atoms with E-state index >= 15 is 0 Å². The van der Waals surface area contributed by atoms with Crippen molar-refractivity contribution in [3.05, 3.63) is 59.1 Å². The zero-order valence-electron chi connectivity index (χ0n) is 15.2. The number of anilines is 2. The number of amides is 1. The molecule has 0 unspecified atom stereocenters.